The van der Waals surface area contributed by atoms with E-state index in [0.29, 0.717) is 0 Å². The molecule has 0 fully saturated rings. The van der Waals surface area contributed by atoms with Crippen LogP contribution in [0.15, 0.2) is 0 Å². The van der Waals surface area contributed by atoms with Crippen molar-refractivity contribution in [3.8, 4) is 0 Å². The first-order valence-corrected chi connectivity index (χ1v) is 5.37. The van der Waals surface area contributed by atoms with Crippen LogP contribution in [0.2, 0.25) is 0 Å². The largest absolute Gasteiger partial charge is 0.344 e. The van der Waals surface area contributed by atoms with Gasteiger partial charge in [-0.15, -0.1) is 0 Å². The zero-order chi connectivity index (χ0) is 8.36. The summed E-state index contributed by atoms with van der Waals surface area (Å²) in [5, 5.41) is -0.566. The van der Waals surface area contributed by atoms with Gasteiger partial charge in [0.15, 0.2) is 0 Å². The number of carbonyl (C=O) groups excluding carboxylic acids is 1. The molecule has 0 aromatic carbocycles. The van der Waals surface area contributed by atoms with E-state index in [4.69, 9.17) is 16.5 Å². The lowest BCUT2D eigenvalue weighted by Crippen LogP contribution is -2.05. The van der Waals surface area contributed by atoms with Crippen molar-refractivity contribution in [3.05, 3.63) is 0 Å². The van der Waals surface area contributed by atoms with Crippen molar-refractivity contribution in [1.82, 2.24) is 0 Å². The van der Waals surface area contributed by atoms with E-state index in [0.717, 1.165) is 0 Å². The Morgan fingerprint density at radius 2 is 2.20 bits per heavy atom. The molecule has 1 N–H and O–H groups in total. The Labute approximate surface area is 64.8 Å². The highest BCUT2D eigenvalue weighted by Gasteiger charge is 2.22. The number of hydrogen-bond donors (Lipinski definition) is 1. The van der Waals surface area contributed by atoms with Gasteiger partial charge in [-0.05, 0) is 11.6 Å². The maximum Gasteiger partial charge on any atom is 0.222 e. The fourth-order valence-corrected chi connectivity index (χ4v) is 1.25. The van der Waals surface area contributed by atoms with Crippen molar-refractivity contribution in [3.63, 3.8) is 0 Å². The summed E-state index contributed by atoms with van der Waals surface area (Å²) in [5.41, 5.74) is -0.530. The molecule has 0 rings (SSSR count). The quantitative estimate of drug-likeness (QED) is 0.533. The first-order chi connectivity index (χ1) is 4.34. The smallest absolute Gasteiger partial charge is 0.222 e. The fourth-order valence-electron chi connectivity index (χ4n) is 0.402. The minimum Gasteiger partial charge on any atom is -0.344 e. The van der Waals surface area contributed by atoms with E-state index >= 15 is 0 Å². The second-order valence-corrected chi connectivity index (χ2v) is 5.54. The third kappa shape index (κ3) is 4.04. The first-order valence-electron chi connectivity index (χ1n) is 2.82. The Bertz CT molecular complexity index is 174. The molecule has 0 radical (unpaired) electrons. The Morgan fingerprint density at radius 3 is 2.30 bits per heavy atom. The molecule has 0 aliphatic carbocycles. The summed E-state index contributed by atoms with van der Waals surface area (Å²) in [6.07, 6.45) is -0.0359. The molecule has 60 valence electrons. The Balaban J connectivity index is 3.98. The van der Waals surface area contributed by atoms with Gasteiger partial charge in [0, 0.05) is 18.7 Å². The van der Waals surface area contributed by atoms with Crippen molar-refractivity contribution in [2.24, 2.45) is 0 Å². The third-order valence-electron chi connectivity index (χ3n) is 1.27. The molecule has 0 aromatic rings. The zero-order valence-electron chi connectivity index (χ0n) is 5.87. The van der Waals surface area contributed by atoms with Crippen LogP contribution in [0, 0.1) is 0 Å². The fraction of sp³-hybridized carbons (Fsp3) is 0.800. The van der Waals surface area contributed by atoms with Crippen LogP contribution in [0.4, 0.5) is 0 Å². The molecule has 0 saturated carbocycles. The lowest BCUT2D eigenvalue weighted by molar-refractivity contribution is -0.111. The van der Waals surface area contributed by atoms with Crippen LogP contribution in [0.1, 0.15) is 13.3 Å². The van der Waals surface area contributed by atoms with Gasteiger partial charge in [0.05, 0.1) is 0 Å². The zero-order valence-corrected chi connectivity index (χ0v) is 7.52. The standard InChI is InChI=1S/C5H10ClO3P/c1-4(3-5(6)7)10(2,8)9/h4H,3H2,1-2H3,(H,8,9). The van der Waals surface area contributed by atoms with Crippen LogP contribution in [0.3, 0.4) is 0 Å². The Hall–Kier alpha value is 0.150. The van der Waals surface area contributed by atoms with E-state index in [1.165, 1.54) is 13.6 Å². The minimum atomic E-state index is -3.12. The molecule has 2 unspecified atom stereocenters. The number of halogens is 1. The molecule has 5 heteroatoms. The lowest BCUT2D eigenvalue weighted by Gasteiger charge is -2.11. The monoisotopic (exact) mass is 184 g/mol. The van der Waals surface area contributed by atoms with Crippen molar-refractivity contribution < 1.29 is 14.3 Å². The van der Waals surface area contributed by atoms with Crippen LogP contribution in [-0.4, -0.2) is 22.5 Å². The topological polar surface area (TPSA) is 54.4 Å². The van der Waals surface area contributed by atoms with E-state index in [1.54, 1.807) is 0 Å². The molecule has 0 amide bonds. The maximum atomic E-state index is 10.8. The highest BCUT2D eigenvalue weighted by atomic mass is 35.5. The van der Waals surface area contributed by atoms with Gasteiger partial charge in [-0.3, -0.25) is 9.36 Å². The predicted molar refractivity (Wildman–Crippen MR) is 40.7 cm³/mol. The molecule has 0 aliphatic rings. The highest BCUT2D eigenvalue weighted by Crippen LogP contribution is 2.43. The summed E-state index contributed by atoms with van der Waals surface area (Å²) in [7, 11) is -3.12. The second-order valence-electron chi connectivity index (χ2n) is 2.35. The van der Waals surface area contributed by atoms with Crippen LogP contribution in [0.25, 0.3) is 0 Å². The molecule has 0 aliphatic heterocycles. The molecule has 0 saturated heterocycles. The Morgan fingerprint density at radius 1 is 1.80 bits per heavy atom. The molecule has 10 heavy (non-hydrogen) atoms. The summed E-state index contributed by atoms with van der Waals surface area (Å²) < 4.78 is 10.8. The predicted octanol–water partition coefficient (Wildman–Crippen LogP) is 1.43. The van der Waals surface area contributed by atoms with Gasteiger partial charge in [0.1, 0.15) is 0 Å². The van der Waals surface area contributed by atoms with Gasteiger partial charge in [0.2, 0.25) is 12.6 Å². The summed E-state index contributed by atoms with van der Waals surface area (Å²) in [4.78, 5) is 19.1. The van der Waals surface area contributed by atoms with Gasteiger partial charge >= 0.3 is 0 Å². The van der Waals surface area contributed by atoms with E-state index in [-0.39, 0.29) is 6.42 Å². The lowest BCUT2D eigenvalue weighted by atomic mass is 10.4. The summed E-state index contributed by atoms with van der Waals surface area (Å²) in [6, 6.07) is 0. The van der Waals surface area contributed by atoms with E-state index in [9.17, 15) is 9.36 Å². The molecule has 3 nitrogen and oxygen atoms in total. The van der Waals surface area contributed by atoms with Gasteiger partial charge in [0.25, 0.3) is 0 Å². The number of rotatable bonds is 3. The number of carbonyl (C=O) groups is 1. The second kappa shape index (κ2) is 3.51. The van der Waals surface area contributed by atoms with Gasteiger partial charge in [-0.25, -0.2) is 0 Å². The van der Waals surface area contributed by atoms with Crippen LogP contribution in [0.5, 0.6) is 0 Å². The van der Waals surface area contributed by atoms with E-state index in [2.05, 4.69) is 0 Å². The molecule has 2 atom stereocenters. The normalized spacial score (nSPS) is 19.6. The molecular formula is C5H10ClO3P. The van der Waals surface area contributed by atoms with Crippen LogP contribution in [-0.2, 0) is 9.36 Å². The molecular weight excluding hydrogens is 174 g/mol. The highest BCUT2D eigenvalue weighted by molar-refractivity contribution is 7.57. The SMILES string of the molecule is CC(CC(=O)Cl)P(C)(=O)O. The van der Waals surface area contributed by atoms with E-state index in [1.807, 2.05) is 0 Å². The summed E-state index contributed by atoms with van der Waals surface area (Å²) >= 11 is 5.01. The maximum absolute atomic E-state index is 10.8. The molecule has 0 spiro atoms. The minimum absolute atomic E-state index is 0.0359. The average molecular weight is 185 g/mol. The van der Waals surface area contributed by atoms with E-state index < -0.39 is 18.3 Å². The average Bonchev–Trinajstić information content (AvgIpc) is 1.60. The van der Waals surface area contributed by atoms with Crippen molar-refractivity contribution >= 4 is 24.2 Å². The van der Waals surface area contributed by atoms with Gasteiger partial charge in [-0.2, -0.15) is 0 Å². The summed E-state index contributed by atoms with van der Waals surface area (Å²) in [5.74, 6) is 0. The van der Waals surface area contributed by atoms with Crippen LogP contribution >= 0.6 is 19.0 Å². The Kier molecular flexibility index (Phi) is 3.57. The van der Waals surface area contributed by atoms with Gasteiger partial charge < -0.3 is 4.89 Å². The third-order valence-corrected chi connectivity index (χ3v) is 3.25. The van der Waals surface area contributed by atoms with Crippen molar-refractivity contribution in [2.45, 2.75) is 19.0 Å². The molecule has 0 aromatic heterocycles. The summed E-state index contributed by atoms with van der Waals surface area (Å²) in [6.45, 7) is 2.75. The molecule has 0 heterocycles. The number of hydrogen-bond acceptors (Lipinski definition) is 2. The molecule has 0 bridgehead atoms. The van der Waals surface area contributed by atoms with Gasteiger partial charge in [-0.1, -0.05) is 6.92 Å². The van der Waals surface area contributed by atoms with Crippen molar-refractivity contribution in [1.29, 1.82) is 0 Å². The van der Waals surface area contributed by atoms with Crippen LogP contribution < -0.4 is 0 Å². The van der Waals surface area contributed by atoms with Crippen molar-refractivity contribution in [2.75, 3.05) is 6.66 Å². The first kappa shape index (κ1) is 10.2.